The van der Waals surface area contributed by atoms with Gasteiger partial charge in [-0.05, 0) is 46.7 Å². The normalized spacial score (nSPS) is 11.9. The molecule has 1 aromatic heterocycles. The van der Waals surface area contributed by atoms with E-state index in [4.69, 9.17) is 0 Å². The first-order valence-corrected chi connectivity index (χ1v) is 9.28. The maximum atomic E-state index is 13.7. The number of carbonyl (C=O) groups is 1. The lowest BCUT2D eigenvalue weighted by molar-refractivity contribution is -0.137. The van der Waals surface area contributed by atoms with Crippen molar-refractivity contribution in [3.8, 4) is 11.1 Å². The molecule has 0 fully saturated rings. The lowest BCUT2D eigenvalue weighted by atomic mass is 10.0. The number of alkyl halides is 5. The van der Waals surface area contributed by atoms with E-state index in [1.165, 1.54) is 29.5 Å². The molecule has 0 aliphatic heterocycles. The number of amides is 2. The summed E-state index contributed by atoms with van der Waals surface area (Å²) in [6, 6.07) is 8.92. The average molecular weight is 426 g/mol. The number of anilines is 2. The first-order chi connectivity index (χ1) is 13.5. The largest absolute Gasteiger partial charge is 0.416 e. The second kappa shape index (κ2) is 7.82. The van der Waals surface area contributed by atoms with Gasteiger partial charge in [-0.15, -0.1) is 0 Å². The van der Waals surface area contributed by atoms with E-state index >= 15 is 0 Å². The number of thiophene rings is 1. The van der Waals surface area contributed by atoms with Gasteiger partial charge in [0.05, 0.1) is 11.3 Å². The van der Waals surface area contributed by atoms with Crippen molar-refractivity contribution in [3.05, 3.63) is 70.4 Å². The standard InChI is InChI=1S/C20H15F5N2OS/c1-19(21,22)13-5-6-16(12-7-8-29-11-12)17(10-13)27-18(28)26-15-4-2-3-14(9-15)20(23,24)25/h2-11H,1H3,(H2,26,27,28). The van der Waals surface area contributed by atoms with Crippen LogP contribution in [0.1, 0.15) is 18.1 Å². The Balaban J connectivity index is 1.87. The van der Waals surface area contributed by atoms with Crippen LogP contribution in [0.3, 0.4) is 0 Å². The molecule has 0 unspecified atom stereocenters. The molecular formula is C20H15F5N2OS. The average Bonchev–Trinajstić information content (AvgIpc) is 3.14. The third kappa shape index (κ3) is 5.11. The lowest BCUT2D eigenvalue weighted by Gasteiger charge is -2.16. The first-order valence-electron chi connectivity index (χ1n) is 8.34. The van der Waals surface area contributed by atoms with Crippen LogP contribution in [-0.2, 0) is 12.1 Å². The molecule has 0 spiro atoms. The SMILES string of the molecule is CC(F)(F)c1ccc(-c2ccsc2)c(NC(=O)Nc2cccc(C(F)(F)F)c2)c1. The summed E-state index contributed by atoms with van der Waals surface area (Å²) >= 11 is 1.40. The third-order valence-corrected chi connectivity index (χ3v) is 4.74. The number of benzene rings is 2. The Morgan fingerprint density at radius 2 is 1.69 bits per heavy atom. The van der Waals surface area contributed by atoms with E-state index in [0.717, 1.165) is 36.8 Å². The highest BCUT2D eigenvalue weighted by Gasteiger charge is 2.30. The van der Waals surface area contributed by atoms with Crippen molar-refractivity contribution < 1.29 is 26.7 Å². The minimum absolute atomic E-state index is 0.0774. The molecule has 1 heterocycles. The monoisotopic (exact) mass is 426 g/mol. The Morgan fingerprint density at radius 1 is 0.931 bits per heavy atom. The molecule has 0 saturated heterocycles. The lowest BCUT2D eigenvalue weighted by Crippen LogP contribution is -2.21. The van der Waals surface area contributed by atoms with Gasteiger partial charge in [0.25, 0.3) is 5.92 Å². The number of urea groups is 1. The summed E-state index contributed by atoms with van der Waals surface area (Å²) in [5.74, 6) is -3.12. The van der Waals surface area contributed by atoms with Gasteiger partial charge in [0, 0.05) is 23.7 Å². The maximum absolute atomic E-state index is 13.7. The number of carbonyl (C=O) groups excluding carboxylic acids is 1. The zero-order valence-electron chi connectivity index (χ0n) is 15.0. The molecule has 0 saturated carbocycles. The number of rotatable bonds is 4. The van der Waals surface area contributed by atoms with Crippen LogP contribution in [0.2, 0.25) is 0 Å². The molecule has 0 atom stereocenters. The van der Waals surface area contributed by atoms with Crippen LogP contribution in [0.5, 0.6) is 0 Å². The fourth-order valence-corrected chi connectivity index (χ4v) is 3.30. The van der Waals surface area contributed by atoms with Gasteiger partial charge in [0.15, 0.2) is 0 Å². The van der Waals surface area contributed by atoms with E-state index in [2.05, 4.69) is 10.6 Å². The van der Waals surface area contributed by atoms with Crippen molar-refractivity contribution in [2.75, 3.05) is 10.6 Å². The zero-order chi connectivity index (χ0) is 21.2. The Hall–Kier alpha value is -2.94. The van der Waals surface area contributed by atoms with Crippen LogP contribution in [0, 0.1) is 0 Å². The molecular weight excluding hydrogens is 411 g/mol. The predicted octanol–water partition coefficient (Wildman–Crippen LogP) is 7.19. The van der Waals surface area contributed by atoms with Crippen molar-refractivity contribution in [3.63, 3.8) is 0 Å². The van der Waals surface area contributed by atoms with Gasteiger partial charge in [0.2, 0.25) is 0 Å². The highest BCUT2D eigenvalue weighted by atomic mass is 32.1. The molecule has 3 aromatic rings. The number of nitrogens with one attached hydrogen (secondary N) is 2. The van der Waals surface area contributed by atoms with E-state index in [9.17, 15) is 26.7 Å². The van der Waals surface area contributed by atoms with E-state index in [-0.39, 0.29) is 16.9 Å². The summed E-state index contributed by atoms with van der Waals surface area (Å²) in [6.07, 6.45) is -4.55. The molecule has 152 valence electrons. The van der Waals surface area contributed by atoms with Crippen molar-refractivity contribution in [1.82, 2.24) is 0 Å². The molecule has 0 bridgehead atoms. The predicted molar refractivity (Wildman–Crippen MR) is 103 cm³/mol. The summed E-state index contributed by atoms with van der Waals surface area (Å²) in [4.78, 5) is 12.3. The molecule has 0 aliphatic rings. The maximum Gasteiger partial charge on any atom is 0.416 e. The number of halogens is 5. The van der Waals surface area contributed by atoms with Gasteiger partial charge in [-0.1, -0.05) is 18.2 Å². The molecule has 0 aliphatic carbocycles. The van der Waals surface area contributed by atoms with Crippen molar-refractivity contribution in [2.45, 2.75) is 19.0 Å². The summed E-state index contributed by atoms with van der Waals surface area (Å²) in [7, 11) is 0. The highest BCUT2D eigenvalue weighted by Crippen LogP contribution is 2.36. The van der Waals surface area contributed by atoms with Gasteiger partial charge in [0.1, 0.15) is 0 Å². The van der Waals surface area contributed by atoms with Crippen molar-refractivity contribution in [2.24, 2.45) is 0 Å². The Labute approximate surface area is 167 Å². The van der Waals surface area contributed by atoms with Crippen LogP contribution in [-0.4, -0.2) is 6.03 Å². The van der Waals surface area contributed by atoms with E-state index in [0.29, 0.717) is 5.56 Å². The summed E-state index contributed by atoms with van der Waals surface area (Å²) < 4.78 is 65.9. The smallest absolute Gasteiger partial charge is 0.308 e. The van der Waals surface area contributed by atoms with Crippen molar-refractivity contribution >= 4 is 28.7 Å². The number of hydrogen-bond acceptors (Lipinski definition) is 2. The van der Waals surface area contributed by atoms with Gasteiger partial charge in [-0.25, -0.2) is 13.6 Å². The quantitative estimate of drug-likeness (QED) is 0.426. The summed E-state index contributed by atoms with van der Waals surface area (Å²) in [5.41, 5.74) is 0.0554. The van der Waals surface area contributed by atoms with Crippen LogP contribution in [0.4, 0.5) is 38.1 Å². The van der Waals surface area contributed by atoms with Gasteiger partial charge < -0.3 is 10.6 Å². The Morgan fingerprint density at radius 3 is 2.31 bits per heavy atom. The minimum Gasteiger partial charge on any atom is -0.308 e. The third-order valence-electron chi connectivity index (χ3n) is 4.05. The Kier molecular flexibility index (Phi) is 5.61. The molecule has 9 heteroatoms. The molecule has 3 rings (SSSR count). The van der Waals surface area contributed by atoms with Crippen LogP contribution in [0.25, 0.3) is 11.1 Å². The molecule has 29 heavy (non-hydrogen) atoms. The van der Waals surface area contributed by atoms with Crippen molar-refractivity contribution in [1.29, 1.82) is 0 Å². The van der Waals surface area contributed by atoms with E-state index in [1.807, 2.05) is 0 Å². The minimum atomic E-state index is -4.55. The second-order valence-corrected chi connectivity index (χ2v) is 7.10. The molecule has 0 radical (unpaired) electrons. The molecule has 2 amide bonds. The molecule has 2 aromatic carbocycles. The van der Waals surface area contributed by atoms with E-state index in [1.54, 1.807) is 16.8 Å². The topological polar surface area (TPSA) is 41.1 Å². The van der Waals surface area contributed by atoms with Gasteiger partial charge in [-0.3, -0.25) is 0 Å². The molecule has 3 nitrogen and oxygen atoms in total. The number of hydrogen-bond donors (Lipinski definition) is 2. The Bertz CT molecular complexity index is 1010. The fraction of sp³-hybridized carbons (Fsp3) is 0.150. The summed E-state index contributed by atoms with van der Waals surface area (Å²) in [6.45, 7) is 0.735. The van der Waals surface area contributed by atoms with Gasteiger partial charge in [-0.2, -0.15) is 24.5 Å². The first kappa shape index (κ1) is 20.8. The van der Waals surface area contributed by atoms with Crippen LogP contribution >= 0.6 is 11.3 Å². The second-order valence-electron chi connectivity index (χ2n) is 6.32. The highest BCUT2D eigenvalue weighted by molar-refractivity contribution is 7.08. The van der Waals surface area contributed by atoms with Gasteiger partial charge >= 0.3 is 12.2 Å². The summed E-state index contributed by atoms with van der Waals surface area (Å²) in [5, 5.41) is 8.34. The molecule has 2 N–H and O–H groups in total. The van der Waals surface area contributed by atoms with Crippen LogP contribution in [0.15, 0.2) is 59.3 Å². The fourth-order valence-electron chi connectivity index (χ4n) is 2.65. The van der Waals surface area contributed by atoms with E-state index < -0.39 is 23.7 Å². The van der Waals surface area contributed by atoms with Crippen LogP contribution < -0.4 is 10.6 Å². The zero-order valence-corrected chi connectivity index (χ0v) is 15.8.